The molecule has 0 fully saturated rings. The smallest absolute Gasteiger partial charge is 0.248 e. The lowest BCUT2D eigenvalue weighted by Crippen LogP contribution is -2.14. The van der Waals surface area contributed by atoms with Crippen molar-refractivity contribution in [2.75, 3.05) is 5.73 Å². The lowest BCUT2D eigenvalue weighted by Gasteiger charge is -2.12. The van der Waals surface area contributed by atoms with Gasteiger partial charge in [0.1, 0.15) is 12.4 Å². The molecule has 0 aliphatic carbocycles. The number of rotatable bonds is 4. The Morgan fingerprint density at radius 3 is 2.96 bits per heavy atom. The van der Waals surface area contributed by atoms with E-state index < -0.39 is 5.82 Å². The number of nitrogens with one attached hydrogen (secondary N) is 1. The molecule has 0 unspecified atom stereocenters. The van der Waals surface area contributed by atoms with E-state index in [2.05, 4.69) is 20.1 Å². The minimum atomic E-state index is -0.496. The van der Waals surface area contributed by atoms with Crippen molar-refractivity contribution in [1.29, 1.82) is 0 Å². The van der Waals surface area contributed by atoms with E-state index in [-0.39, 0.29) is 23.7 Å². The molecule has 0 atom stereocenters. The van der Waals surface area contributed by atoms with E-state index >= 15 is 0 Å². The largest absolute Gasteiger partial charge is 0.483 e. The molecule has 3 N–H and O–H groups in total. The van der Waals surface area contributed by atoms with Crippen LogP contribution < -0.4 is 16.0 Å². The van der Waals surface area contributed by atoms with Gasteiger partial charge in [-0.2, -0.15) is 5.10 Å². The summed E-state index contributed by atoms with van der Waals surface area (Å²) in [6.07, 6.45) is 4.47. The van der Waals surface area contributed by atoms with Gasteiger partial charge in [0.25, 0.3) is 0 Å². The van der Waals surface area contributed by atoms with E-state index in [1.807, 2.05) is 0 Å². The molecule has 4 heterocycles. The molecule has 4 aromatic rings. The van der Waals surface area contributed by atoms with Crippen LogP contribution in [-0.2, 0) is 6.61 Å². The second-order valence-electron chi connectivity index (χ2n) is 5.49. The molecule has 4 aromatic heterocycles. The fourth-order valence-electron chi connectivity index (χ4n) is 2.53. The van der Waals surface area contributed by atoms with Crippen LogP contribution in [0.2, 0.25) is 0 Å². The number of aromatic amines is 1. The van der Waals surface area contributed by atoms with Crippen LogP contribution in [0.3, 0.4) is 0 Å². The number of nitrogens with two attached hydrogens (primary N) is 1. The van der Waals surface area contributed by atoms with Crippen molar-refractivity contribution in [2.24, 2.45) is 0 Å². The number of anilines is 1. The summed E-state index contributed by atoms with van der Waals surface area (Å²) in [5.41, 5.74) is 7.60. The summed E-state index contributed by atoms with van der Waals surface area (Å²) < 4.78 is 20.6. The summed E-state index contributed by atoms with van der Waals surface area (Å²) in [6.45, 7) is 0.0316. The van der Waals surface area contributed by atoms with Gasteiger partial charge in [0, 0.05) is 30.6 Å². The van der Waals surface area contributed by atoms with E-state index in [4.69, 9.17) is 10.5 Å². The topological polar surface area (TPSA) is 112 Å². The van der Waals surface area contributed by atoms with Crippen LogP contribution in [-0.4, -0.2) is 24.7 Å². The molecule has 0 saturated heterocycles. The molecule has 0 spiro atoms. The van der Waals surface area contributed by atoms with Gasteiger partial charge >= 0.3 is 0 Å². The highest BCUT2D eigenvalue weighted by molar-refractivity contribution is 5.78. The third-order valence-corrected chi connectivity index (χ3v) is 3.72. The Bertz CT molecular complexity index is 1140. The van der Waals surface area contributed by atoms with Gasteiger partial charge in [0.15, 0.2) is 11.6 Å². The number of nitrogen functional groups attached to an aromatic ring is 1. The molecule has 0 bridgehead atoms. The van der Waals surface area contributed by atoms with Crippen LogP contribution in [0.25, 0.3) is 16.7 Å². The molecular weight excluding hydrogens is 339 g/mol. The predicted octanol–water partition coefficient (Wildman–Crippen LogP) is 1.80. The summed E-state index contributed by atoms with van der Waals surface area (Å²) in [6, 6.07) is 7.65. The molecule has 8 nitrogen and oxygen atoms in total. The zero-order valence-electron chi connectivity index (χ0n) is 13.4. The van der Waals surface area contributed by atoms with Crippen molar-refractivity contribution in [3.8, 4) is 11.4 Å². The first-order chi connectivity index (χ1) is 12.6. The molecule has 0 radical (unpaired) electrons. The molecular formula is C17H13FN6O2. The summed E-state index contributed by atoms with van der Waals surface area (Å²) in [5.74, 6) is -0.111. The Labute approximate surface area is 146 Å². The Balaban J connectivity index is 1.66. The van der Waals surface area contributed by atoms with Gasteiger partial charge in [-0.3, -0.25) is 9.78 Å². The van der Waals surface area contributed by atoms with E-state index in [1.165, 1.54) is 12.1 Å². The van der Waals surface area contributed by atoms with Crippen LogP contribution in [0.1, 0.15) is 5.69 Å². The Morgan fingerprint density at radius 2 is 2.15 bits per heavy atom. The maximum atomic E-state index is 13.2. The first kappa shape index (κ1) is 15.8. The highest BCUT2D eigenvalue weighted by atomic mass is 19.1. The maximum absolute atomic E-state index is 13.2. The zero-order chi connectivity index (χ0) is 18.1. The standard InChI is InChI=1S/C17H13FN6O2/c18-10-6-12-11(20-8-10)7-15(17(19)23-12)26-9-13-14(2-3-16(25)22-13)24-5-1-4-21-24/h1-8H,9H2,(H2,19,23)(H,22,25). The van der Waals surface area contributed by atoms with Crippen LogP contribution in [0.5, 0.6) is 5.75 Å². The number of nitrogens with zero attached hydrogens (tertiary/aromatic N) is 4. The van der Waals surface area contributed by atoms with Crippen molar-refractivity contribution in [1.82, 2.24) is 24.7 Å². The van der Waals surface area contributed by atoms with Crippen LogP contribution in [0, 0.1) is 5.82 Å². The van der Waals surface area contributed by atoms with E-state index in [9.17, 15) is 9.18 Å². The summed E-state index contributed by atoms with van der Waals surface area (Å²) in [4.78, 5) is 22.5. The van der Waals surface area contributed by atoms with Gasteiger partial charge in [0.05, 0.1) is 28.6 Å². The number of fused-ring (bicyclic) bond motifs is 1. The first-order valence-corrected chi connectivity index (χ1v) is 7.67. The van der Waals surface area contributed by atoms with Gasteiger partial charge in [0.2, 0.25) is 5.56 Å². The number of aromatic nitrogens is 5. The first-order valence-electron chi connectivity index (χ1n) is 7.67. The number of hydrogen-bond acceptors (Lipinski definition) is 6. The fourth-order valence-corrected chi connectivity index (χ4v) is 2.53. The molecule has 0 aliphatic rings. The average molecular weight is 352 g/mol. The van der Waals surface area contributed by atoms with E-state index in [0.717, 1.165) is 6.20 Å². The predicted molar refractivity (Wildman–Crippen MR) is 92.4 cm³/mol. The summed E-state index contributed by atoms with van der Waals surface area (Å²) in [7, 11) is 0. The number of pyridine rings is 3. The lowest BCUT2D eigenvalue weighted by atomic mass is 10.3. The second kappa shape index (κ2) is 6.28. The van der Waals surface area contributed by atoms with Crippen molar-refractivity contribution in [3.05, 3.63) is 70.8 Å². The molecule has 4 rings (SSSR count). The van der Waals surface area contributed by atoms with Crippen molar-refractivity contribution in [2.45, 2.75) is 6.61 Å². The fraction of sp³-hybridized carbons (Fsp3) is 0.0588. The maximum Gasteiger partial charge on any atom is 0.248 e. The minimum absolute atomic E-state index is 0.0316. The third-order valence-electron chi connectivity index (χ3n) is 3.72. The molecule has 0 amide bonds. The van der Waals surface area contributed by atoms with Crippen molar-refractivity contribution < 1.29 is 9.13 Å². The van der Waals surface area contributed by atoms with Gasteiger partial charge in [-0.05, 0) is 12.1 Å². The number of hydrogen-bond donors (Lipinski definition) is 2. The quantitative estimate of drug-likeness (QED) is 0.579. The van der Waals surface area contributed by atoms with Gasteiger partial charge < -0.3 is 15.5 Å². The van der Waals surface area contributed by atoms with Crippen LogP contribution in [0.4, 0.5) is 10.2 Å². The average Bonchev–Trinajstić information content (AvgIpc) is 3.14. The van der Waals surface area contributed by atoms with E-state index in [1.54, 1.807) is 35.3 Å². The second-order valence-corrected chi connectivity index (χ2v) is 5.49. The van der Waals surface area contributed by atoms with Gasteiger partial charge in [-0.1, -0.05) is 0 Å². The van der Waals surface area contributed by atoms with E-state index in [0.29, 0.717) is 22.4 Å². The number of ether oxygens (including phenoxy) is 1. The highest BCUT2D eigenvalue weighted by Crippen LogP contribution is 2.25. The Hall–Kier alpha value is -3.75. The molecule has 0 aliphatic heterocycles. The molecule has 9 heteroatoms. The SMILES string of the molecule is Nc1nc2cc(F)cnc2cc1OCc1[nH]c(=O)ccc1-n1cccn1. The minimum Gasteiger partial charge on any atom is -0.483 e. The van der Waals surface area contributed by atoms with Crippen LogP contribution in [0.15, 0.2) is 53.7 Å². The lowest BCUT2D eigenvalue weighted by molar-refractivity contribution is 0.301. The van der Waals surface area contributed by atoms with Gasteiger partial charge in [-0.25, -0.2) is 14.1 Å². The zero-order valence-corrected chi connectivity index (χ0v) is 13.4. The van der Waals surface area contributed by atoms with Crippen LogP contribution >= 0.6 is 0 Å². The molecule has 0 saturated carbocycles. The normalized spacial score (nSPS) is 11.0. The highest BCUT2D eigenvalue weighted by Gasteiger charge is 2.11. The monoisotopic (exact) mass is 352 g/mol. The van der Waals surface area contributed by atoms with Crippen molar-refractivity contribution in [3.63, 3.8) is 0 Å². The van der Waals surface area contributed by atoms with Crippen molar-refractivity contribution >= 4 is 16.9 Å². The summed E-state index contributed by atoms with van der Waals surface area (Å²) in [5, 5.41) is 4.16. The number of halogens is 1. The Morgan fingerprint density at radius 1 is 1.27 bits per heavy atom. The molecule has 130 valence electrons. The van der Waals surface area contributed by atoms with Gasteiger partial charge in [-0.15, -0.1) is 0 Å². The third kappa shape index (κ3) is 2.97. The molecule has 26 heavy (non-hydrogen) atoms. The summed E-state index contributed by atoms with van der Waals surface area (Å²) >= 11 is 0. The number of H-pyrrole nitrogens is 1. The molecule has 0 aromatic carbocycles. The Kier molecular flexibility index (Phi) is 3.81.